The van der Waals surface area contributed by atoms with Crippen LogP contribution >= 0.6 is 11.8 Å². The molecule has 0 aliphatic rings. The molecule has 0 aliphatic heterocycles. The van der Waals surface area contributed by atoms with Gasteiger partial charge in [0.15, 0.2) is 5.16 Å². The Hall–Kier alpha value is -0.610. The Morgan fingerprint density at radius 2 is 2.38 bits per heavy atom. The van der Waals surface area contributed by atoms with E-state index in [2.05, 4.69) is 16.9 Å². The van der Waals surface area contributed by atoms with E-state index in [1.165, 1.54) is 0 Å². The first-order valence-electron chi connectivity index (χ1n) is 4.37. The lowest BCUT2D eigenvalue weighted by Crippen LogP contribution is -2.22. The van der Waals surface area contributed by atoms with Crippen molar-refractivity contribution in [1.82, 2.24) is 9.97 Å². The van der Waals surface area contributed by atoms with Gasteiger partial charge in [-0.15, -0.1) is 0 Å². The molecule has 1 heterocycles. The molecule has 0 radical (unpaired) electrons. The molecular formula is C9H15N3S. The van der Waals surface area contributed by atoms with Crippen molar-refractivity contribution in [1.29, 1.82) is 0 Å². The van der Waals surface area contributed by atoms with E-state index in [0.717, 1.165) is 23.7 Å². The zero-order valence-electron chi connectivity index (χ0n) is 8.03. The Labute approximate surface area is 83.2 Å². The summed E-state index contributed by atoms with van der Waals surface area (Å²) in [5, 5.41) is 0.820. The molecule has 0 fully saturated rings. The fourth-order valence-corrected chi connectivity index (χ4v) is 1.38. The van der Waals surface area contributed by atoms with Crippen molar-refractivity contribution in [3.63, 3.8) is 0 Å². The first kappa shape index (κ1) is 10.5. The third-order valence-corrected chi connectivity index (χ3v) is 2.43. The van der Waals surface area contributed by atoms with E-state index in [1.807, 2.05) is 12.3 Å². The van der Waals surface area contributed by atoms with E-state index >= 15 is 0 Å². The summed E-state index contributed by atoms with van der Waals surface area (Å²) in [5.41, 5.74) is 6.87. The zero-order chi connectivity index (χ0) is 9.68. The average Bonchev–Trinajstić information content (AvgIpc) is 2.18. The summed E-state index contributed by atoms with van der Waals surface area (Å²) in [6.07, 6.45) is 5.58. The first-order valence-corrected chi connectivity index (χ1v) is 5.60. The standard InChI is InChI=1S/C9H15N3S/c1-3-7(10)6-8-4-5-11-9(12-8)13-2/h4-5,7H,3,6,10H2,1-2H3. The Bertz CT molecular complexity index is 265. The van der Waals surface area contributed by atoms with Crippen LogP contribution in [-0.4, -0.2) is 22.3 Å². The maximum atomic E-state index is 5.83. The van der Waals surface area contributed by atoms with Crippen molar-refractivity contribution in [3.05, 3.63) is 18.0 Å². The number of nitrogens with zero attached hydrogens (tertiary/aromatic N) is 2. The van der Waals surface area contributed by atoms with Crippen LogP contribution in [0, 0.1) is 0 Å². The largest absolute Gasteiger partial charge is 0.327 e. The molecule has 1 rings (SSSR count). The molecule has 0 saturated carbocycles. The molecule has 3 nitrogen and oxygen atoms in total. The fourth-order valence-electron chi connectivity index (χ4n) is 1.00. The van der Waals surface area contributed by atoms with Crippen LogP contribution in [0.25, 0.3) is 0 Å². The number of nitrogens with two attached hydrogens (primary N) is 1. The molecule has 0 saturated heterocycles. The minimum absolute atomic E-state index is 0.213. The number of thioether (sulfide) groups is 1. The van der Waals surface area contributed by atoms with E-state index in [1.54, 1.807) is 18.0 Å². The maximum Gasteiger partial charge on any atom is 0.187 e. The van der Waals surface area contributed by atoms with Crippen molar-refractivity contribution in [2.45, 2.75) is 31.0 Å². The second-order valence-electron chi connectivity index (χ2n) is 2.91. The summed E-state index contributed by atoms with van der Waals surface area (Å²) in [5.74, 6) is 0. The monoisotopic (exact) mass is 197 g/mol. The van der Waals surface area contributed by atoms with Gasteiger partial charge in [-0.1, -0.05) is 18.7 Å². The molecule has 1 aromatic heterocycles. The quantitative estimate of drug-likeness (QED) is 0.587. The molecule has 1 aromatic rings. The lowest BCUT2D eigenvalue weighted by atomic mass is 10.1. The Morgan fingerprint density at radius 3 is 3.00 bits per heavy atom. The number of rotatable bonds is 4. The highest BCUT2D eigenvalue weighted by atomic mass is 32.2. The smallest absolute Gasteiger partial charge is 0.187 e. The van der Waals surface area contributed by atoms with Crippen LogP contribution in [0.5, 0.6) is 0 Å². The summed E-state index contributed by atoms with van der Waals surface area (Å²) in [7, 11) is 0. The molecule has 13 heavy (non-hydrogen) atoms. The van der Waals surface area contributed by atoms with Gasteiger partial charge in [-0.05, 0) is 18.7 Å². The molecule has 2 N–H and O–H groups in total. The summed E-state index contributed by atoms with van der Waals surface area (Å²) in [4.78, 5) is 8.45. The predicted molar refractivity (Wildman–Crippen MR) is 55.8 cm³/mol. The molecule has 0 bridgehead atoms. The molecule has 4 heteroatoms. The van der Waals surface area contributed by atoms with Crippen LogP contribution in [0.2, 0.25) is 0 Å². The normalized spacial score (nSPS) is 12.8. The van der Waals surface area contributed by atoms with Crippen LogP contribution in [-0.2, 0) is 6.42 Å². The number of hydrogen-bond donors (Lipinski definition) is 1. The SMILES string of the molecule is CCC(N)Cc1ccnc(SC)n1. The second kappa shape index (κ2) is 5.19. The van der Waals surface area contributed by atoms with Gasteiger partial charge < -0.3 is 5.73 Å². The van der Waals surface area contributed by atoms with Gasteiger partial charge in [-0.25, -0.2) is 9.97 Å². The Kier molecular flexibility index (Phi) is 4.18. The van der Waals surface area contributed by atoms with Crippen molar-refractivity contribution in [2.24, 2.45) is 5.73 Å². The van der Waals surface area contributed by atoms with E-state index in [9.17, 15) is 0 Å². The first-order chi connectivity index (χ1) is 6.26. The lowest BCUT2D eigenvalue weighted by Gasteiger charge is -2.07. The van der Waals surface area contributed by atoms with Crippen molar-refractivity contribution < 1.29 is 0 Å². The molecule has 0 aromatic carbocycles. The highest BCUT2D eigenvalue weighted by Gasteiger charge is 2.03. The third kappa shape index (κ3) is 3.32. The van der Waals surface area contributed by atoms with E-state index in [0.29, 0.717) is 0 Å². The van der Waals surface area contributed by atoms with Crippen molar-refractivity contribution in [3.8, 4) is 0 Å². The average molecular weight is 197 g/mol. The molecule has 1 unspecified atom stereocenters. The second-order valence-corrected chi connectivity index (χ2v) is 3.68. The van der Waals surface area contributed by atoms with Gasteiger partial charge in [0, 0.05) is 24.4 Å². The van der Waals surface area contributed by atoms with Gasteiger partial charge in [0.1, 0.15) is 0 Å². The maximum absolute atomic E-state index is 5.83. The van der Waals surface area contributed by atoms with Crippen LogP contribution in [0.4, 0.5) is 0 Å². The van der Waals surface area contributed by atoms with E-state index in [-0.39, 0.29) is 6.04 Å². The summed E-state index contributed by atoms with van der Waals surface area (Å²) in [6.45, 7) is 2.08. The summed E-state index contributed by atoms with van der Waals surface area (Å²) < 4.78 is 0. The minimum Gasteiger partial charge on any atom is -0.327 e. The highest BCUT2D eigenvalue weighted by Crippen LogP contribution is 2.08. The number of hydrogen-bond acceptors (Lipinski definition) is 4. The van der Waals surface area contributed by atoms with Crippen molar-refractivity contribution >= 4 is 11.8 Å². The Morgan fingerprint density at radius 1 is 1.62 bits per heavy atom. The molecule has 0 aliphatic carbocycles. The molecule has 0 spiro atoms. The van der Waals surface area contributed by atoms with Crippen LogP contribution in [0.15, 0.2) is 17.4 Å². The lowest BCUT2D eigenvalue weighted by molar-refractivity contribution is 0.630. The number of aromatic nitrogens is 2. The molecule has 1 atom stereocenters. The zero-order valence-corrected chi connectivity index (χ0v) is 8.84. The van der Waals surface area contributed by atoms with Gasteiger partial charge in [-0.3, -0.25) is 0 Å². The third-order valence-electron chi connectivity index (χ3n) is 1.87. The van der Waals surface area contributed by atoms with Gasteiger partial charge in [0.25, 0.3) is 0 Å². The van der Waals surface area contributed by atoms with Gasteiger partial charge in [0.05, 0.1) is 0 Å². The van der Waals surface area contributed by atoms with E-state index < -0.39 is 0 Å². The Balaban J connectivity index is 2.66. The molecule has 0 amide bonds. The summed E-state index contributed by atoms with van der Waals surface area (Å²) >= 11 is 1.55. The van der Waals surface area contributed by atoms with E-state index in [4.69, 9.17) is 5.73 Å². The molecular weight excluding hydrogens is 182 g/mol. The van der Waals surface area contributed by atoms with Crippen molar-refractivity contribution in [2.75, 3.05) is 6.26 Å². The van der Waals surface area contributed by atoms with Crippen LogP contribution in [0.1, 0.15) is 19.0 Å². The fraction of sp³-hybridized carbons (Fsp3) is 0.556. The molecule has 72 valence electrons. The highest BCUT2D eigenvalue weighted by molar-refractivity contribution is 7.98. The van der Waals surface area contributed by atoms with Gasteiger partial charge in [0.2, 0.25) is 0 Å². The topological polar surface area (TPSA) is 51.8 Å². The van der Waals surface area contributed by atoms with Crippen LogP contribution < -0.4 is 5.73 Å². The summed E-state index contributed by atoms with van der Waals surface area (Å²) in [6, 6.07) is 2.14. The minimum atomic E-state index is 0.213. The predicted octanol–water partition coefficient (Wildman–Crippen LogP) is 1.48. The van der Waals surface area contributed by atoms with Gasteiger partial charge >= 0.3 is 0 Å². The van der Waals surface area contributed by atoms with Gasteiger partial charge in [-0.2, -0.15) is 0 Å². The van der Waals surface area contributed by atoms with Crippen LogP contribution in [0.3, 0.4) is 0 Å².